The molecule has 0 radical (unpaired) electrons. The Bertz CT molecular complexity index is 510. The summed E-state index contributed by atoms with van der Waals surface area (Å²) in [7, 11) is -3.27. The quantitative estimate of drug-likeness (QED) is 0.335. The molecule has 22 heavy (non-hydrogen) atoms. The van der Waals surface area contributed by atoms with Crippen molar-refractivity contribution in [1.82, 2.24) is 9.80 Å². The summed E-state index contributed by atoms with van der Waals surface area (Å²) in [5.74, 6) is -0.335. The number of phosphoric acid groups is 1. The molecule has 1 unspecified atom stereocenters. The van der Waals surface area contributed by atoms with E-state index in [0.717, 1.165) is 0 Å². The zero-order valence-electron chi connectivity index (χ0n) is 11.6. The van der Waals surface area contributed by atoms with Gasteiger partial charge < -0.3 is 34.5 Å². The van der Waals surface area contributed by atoms with Gasteiger partial charge in [0.15, 0.2) is 12.5 Å². The molecule has 12 heteroatoms. The normalized spacial score (nSPS) is 36.3. The lowest BCUT2D eigenvalue weighted by Gasteiger charge is -2.40. The molecule has 11 nitrogen and oxygen atoms in total. The monoisotopic (exact) mass is 339 g/mol. The number of amides is 1. The third kappa shape index (κ3) is 3.47. The van der Waals surface area contributed by atoms with Crippen LogP contribution in [0.15, 0.2) is 12.3 Å². The summed E-state index contributed by atoms with van der Waals surface area (Å²) < 4.78 is 20.3. The number of likely N-dealkylation sites (N-methyl/N-ethyl adjacent to an activating group) is 1. The molecule has 0 aromatic heterocycles. The molecule has 0 aromatic carbocycles. The Morgan fingerprint density at radius 1 is 1.41 bits per heavy atom. The minimum atomic E-state index is -4.72. The van der Waals surface area contributed by atoms with E-state index in [4.69, 9.17) is 20.3 Å². The number of ether oxygens (including phenoxy) is 1. The number of aliphatic hydroxyl groups is 2. The smallest absolute Gasteiger partial charge is 0.387 e. The fourth-order valence-electron chi connectivity index (χ4n) is 2.21. The van der Waals surface area contributed by atoms with E-state index in [1.807, 2.05) is 0 Å². The van der Waals surface area contributed by atoms with Crippen LogP contribution in [0.25, 0.3) is 0 Å². The molecule has 0 spiro atoms. The standard InChI is InChI=1S/C10H18N3O8P/c1-12-6(14)2-3-13(10(12)11)9-8(16)7(15)5(21-9)4-20-22(17,18)19/h2-3,5,7-10,15-16H,4,11H2,1H3,(H2,17,18,19)/t5-,7-,8-,9-,10?/m1/s1. The highest BCUT2D eigenvalue weighted by atomic mass is 31.2. The Kier molecular flexibility index (Phi) is 4.90. The topological polar surface area (TPSA) is 166 Å². The molecule has 2 rings (SSSR count). The van der Waals surface area contributed by atoms with Crippen LogP contribution in [-0.2, 0) is 18.6 Å². The van der Waals surface area contributed by atoms with Crippen molar-refractivity contribution in [1.29, 1.82) is 0 Å². The van der Waals surface area contributed by atoms with Crippen molar-refractivity contribution in [2.75, 3.05) is 13.7 Å². The zero-order valence-corrected chi connectivity index (χ0v) is 12.5. The lowest BCUT2D eigenvalue weighted by molar-refractivity contribution is -0.144. The van der Waals surface area contributed by atoms with Gasteiger partial charge in [-0.15, -0.1) is 0 Å². The van der Waals surface area contributed by atoms with E-state index in [1.165, 1.54) is 29.1 Å². The van der Waals surface area contributed by atoms with Gasteiger partial charge in [0.05, 0.1) is 6.61 Å². The van der Waals surface area contributed by atoms with Crippen LogP contribution in [0.4, 0.5) is 0 Å². The number of carbonyl (C=O) groups excluding carboxylic acids is 1. The first-order valence-electron chi connectivity index (χ1n) is 6.31. The molecule has 2 heterocycles. The van der Waals surface area contributed by atoms with Gasteiger partial charge in [-0.05, 0) is 0 Å². The Balaban J connectivity index is 2.08. The number of aliphatic hydroxyl groups excluding tert-OH is 2. The highest BCUT2D eigenvalue weighted by Gasteiger charge is 2.47. The summed E-state index contributed by atoms with van der Waals surface area (Å²) in [6, 6.07) is 0. The Labute approximate surface area is 125 Å². The van der Waals surface area contributed by atoms with Crippen molar-refractivity contribution in [2.24, 2.45) is 5.73 Å². The van der Waals surface area contributed by atoms with Crippen molar-refractivity contribution in [3.63, 3.8) is 0 Å². The maximum atomic E-state index is 11.5. The highest BCUT2D eigenvalue weighted by Crippen LogP contribution is 2.37. The summed E-state index contributed by atoms with van der Waals surface area (Å²) in [6.07, 6.45) is -3.47. The van der Waals surface area contributed by atoms with Crippen LogP contribution in [0.2, 0.25) is 0 Å². The number of hydrogen-bond acceptors (Lipinski definition) is 8. The van der Waals surface area contributed by atoms with Gasteiger partial charge >= 0.3 is 7.82 Å². The van der Waals surface area contributed by atoms with Crippen molar-refractivity contribution >= 4 is 13.7 Å². The summed E-state index contributed by atoms with van der Waals surface area (Å²) >= 11 is 0. The maximum absolute atomic E-state index is 11.5. The van der Waals surface area contributed by atoms with Gasteiger partial charge in [-0.3, -0.25) is 15.1 Å². The molecule has 1 saturated heterocycles. The third-order valence-corrected chi connectivity index (χ3v) is 3.96. The van der Waals surface area contributed by atoms with Gasteiger partial charge in [-0.25, -0.2) is 4.57 Å². The van der Waals surface area contributed by atoms with Crippen LogP contribution < -0.4 is 5.73 Å². The van der Waals surface area contributed by atoms with E-state index in [2.05, 4.69) is 4.52 Å². The fraction of sp³-hybridized carbons (Fsp3) is 0.700. The van der Waals surface area contributed by atoms with Crippen molar-refractivity contribution in [3.05, 3.63) is 12.3 Å². The van der Waals surface area contributed by atoms with E-state index in [-0.39, 0.29) is 5.91 Å². The summed E-state index contributed by atoms with van der Waals surface area (Å²) in [5.41, 5.74) is 5.84. The van der Waals surface area contributed by atoms with Crippen LogP contribution >= 0.6 is 7.82 Å². The molecular weight excluding hydrogens is 321 g/mol. The molecule has 2 aliphatic rings. The number of nitrogens with two attached hydrogens (primary N) is 1. The molecule has 1 amide bonds. The van der Waals surface area contributed by atoms with Gasteiger partial charge in [0.1, 0.15) is 18.3 Å². The SMILES string of the molecule is CN1C(=O)C=CN([C@@H]2O[C@H](COP(=O)(O)O)[C@@H](O)[C@H]2O)C1N. The fourth-order valence-corrected chi connectivity index (χ4v) is 2.55. The minimum Gasteiger partial charge on any atom is -0.387 e. The largest absolute Gasteiger partial charge is 0.469 e. The first kappa shape index (κ1) is 17.3. The van der Waals surface area contributed by atoms with Crippen LogP contribution in [-0.4, -0.2) is 80.2 Å². The maximum Gasteiger partial charge on any atom is 0.469 e. The third-order valence-electron chi connectivity index (χ3n) is 3.48. The Morgan fingerprint density at radius 2 is 2.05 bits per heavy atom. The Hall–Kier alpha value is -1.04. The molecule has 0 aromatic rings. The van der Waals surface area contributed by atoms with Gasteiger partial charge in [0, 0.05) is 19.3 Å². The first-order valence-corrected chi connectivity index (χ1v) is 7.84. The summed E-state index contributed by atoms with van der Waals surface area (Å²) in [6.45, 7) is -0.611. The van der Waals surface area contributed by atoms with Gasteiger partial charge in [-0.1, -0.05) is 0 Å². The van der Waals surface area contributed by atoms with Crippen LogP contribution in [0, 0.1) is 0 Å². The van der Waals surface area contributed by atoms with E-state index in [9.17, 15) is 19.6 Å². The second-order valence-electron chi connectivity index (χ2n) is 4.96. The molecule has 6 N–H and O–H groups in total. The molecular formula is C10H18N3O8P. The number of hydrogen-bond donors (Lipinski definition) is 5. The number of nitrogens with zero attached hydrogens (tertiary/aromatic N) is 2. The molecule has 5 atom stereocenters. The van der Waals surface area contributed by atoms with E-state index < -0.39 is 45.3 Å². The average Bonchev–Trinajstić information content (AvgIpc) is 2.70. The first-order chi connectivity index (χ1) is 10.1. The summed E-state index contributed by atoms with van der Waals surface area (Å²) in [4.78, 5) is 31.3. The predicted molar refractivity (Wildman–Crippen MR) is 70.4 cm³/mol. The molecule has 2 aliphatic heterocycles. The number of rotatable bonds is 4. The van der Waals surface area contributed by atoms with E-state index in [0.29, 0.717) is 0 Å². The van der Waals surface area contributed by atoms with Crippen LogP contribution in [0.3, 0.4) is 0 Å². The zero-order chi connectivity index (χ0) is 16.7. The van der Waals surface area contributed by atoms with Gasteiger partial charge in [0.2, 0.25) is 5.91 Å². The second-order valence-corrected chi connectivity index (χ2v) is 6.20. The summed E-state index contributed by atoms with van der Waals surface area (Å²) in [5, 5.41) is 19.9. The molecule has 0 bridgehead atoms. The van der Waals surface area contributed by atoms with Crippen LogP contribution in [0.1, 0.15) is 0 Å². The van der Waals surface area contributed by atoms with E-state index >= 15 is 0 Å². The number of phosphoric ester groups is 1. The van der Waals surface area contributed by atoms with E-state index in [1.54, 1.807) is 0 Å². The van der Waals surface area contributed by atoms with Crippen LogP contribution in [0.5, 0.6) is 0 Å². The molecule has 0 saturated carbocycles. The Morgan fingerprint density at radius 3 is 2.64 bits per heavy atom. The van der Waals surface area contributed by atoms with Gasteiger partial charge in [0.25, 0.3) is 0 Å². The second kappa shape index (κ2) is 6.22. The van der Waals surface area contributed by atoms with Crippen molar-refractivity contribution in [3.8, 4) is 0 Å². The lowest BCUT2D eigenvalue weighted by Crippen LogP contribution is -2.60. The average molecular weight is 339 g/mol. The predicted octanol–water partition coefficient (Wildman–Crippen LogP) is -2.93. The van der Waals surface area contributed by atoms with Crippen molar-refractivity contribution in [2.45, 2.75) is 30.8 Å². The minimum absolute atomic E-state index is 0.335. The van der Waals surface area contributed by atoms with Crippen molar-refractivity contribution < 1.29 is 38.6 Å². The molecule has 1 fully saturated rings. The molecule has 0 aliphatic carbocycles. The lowest BCUT2D eigenvalue weighted by atomic mass is 10.1. The molecule has 126 valence electrons. The highest BCUT2D eigenvalue weighted by molar-refractivity contribution is 7.46. The van der Waals surface area contributed by atoms with Gasteiger partial charge in [-0.2, -0.15) is 0 Å². The number of carbonyl (C=O) groups is 1.